The van der Waals surface area contributed by atoms with Crippen molar-refractivity contribution >= 4 is 11.6 Å². The molecule has 96 valence electrons. The molecule has 0 aliphatic rings. The highest BCUT2D eigenvalue weighted by Crippen LogP contribution is 2.16. The third kappa shape index (κ3) is 5.48. The van der Waals surface area contributed by atoms with Gasteiger partial charge in [-0.15, -0.1) is 0 Å². The van der Waals surface area contributed by atoms with Gasteiger partial charge in [0, 0.05) is 18.0 Å². The summed E-state index contributed by atoms with van der Waals surface area (Å²) in [5.41, 5.74) is 0.455. The fourth-order valence-corrected chi connectivity index (χ4v) is 1.76. The molecule has 0 fully saturated rings. The van der Waals surface area contributed by atoms with Gasteiger partial charge in [0.25, 0.3) is 0 Å². The largest absolute Gasteiger partial charge is 0.391 e. The smallest absolute Gasteiger partial charge is 0.126 e. The maximum atomic E-state index is 13.4. The molecule has 2 N–H and O–H groups in total. The molecule has 0 radical (unpaired) electrons. The van der Waals surface area contributed by atoms with E-state index in [1.165, 1.54) is 12.1 Å². The van der Waals surface area contributed by atoms with Crippen LogP contribution < -0.4 is 5.32 Å². The normalized spacial score (nSPS) is 13.1. The first-order valence-corrected chi connectivity index (χ1v) is 6.19. The van der Waals surface area contributed by atoms with Crippen LogP contribution in [-0.4, -0.2) is 24.3 Å². The summed E-state index contributed by atoms with van der Waals surface area (Å²) in [4.78, 5) is 0. The maximum absolute atomic E-state index is 13.4. The van der Waals surface area contributed by atoms with Gasteiger partial charge in [-0.3, -0.25) is 0 Å². The van der Waals surface area contributed by atoms with E-state index in [4.69, 9.17) is 11.6 Å². The molecule has 0 spiro atoms. The number of benzene rings is 1. The van der Waals surface area contributed by atoms with Gasteiger partial charge in [-0.1, -0.05) is 25.4 Å². The second-order valence-corrected chi connectivity index (χ2v) is 5.08. The van der Waals surface area contributed by atoms with Crippen molar-refractivity contribution in [3.05, 3.63) is 34.6 Å². The topological polar surface area (TPSA) is 32.3 Å². The van der Waals surface area contributed by atoms with Gasteiger partial charge in [-0.2, -0.15) is 0 Å². The predicted molar refractivity (Wildman–Crippen MR) is 68.8 cm³/mol. The van der Waals surface area contributed by atoms with Gasteiger partial charge in [0.15, 0.2) is 0 Å². The van der Waals surface area contributed by atoms with Crippen LogP contribution in [0.5, 0.6) is 0 Å². The number of halogens is 2. The molecule has 1 aromatic carbocycles. The van der Waals surface area contributed by atoms with E-state index in [0.29, 0.717) is 23.0 Å². The van der Waals surface area contributed by atoms with E-state index in [0.717, 1.165) is 6.54 Å². The molecule has 0 saturated carbocycles. The highest BCUT2D eigenvalue weighted by atomic mass is 35.5. The summed E-state index contributed by atoms with van der Waals surface area (Å²) in [6, 6.07) is 4.39. The van der Waals surface area contributed by atoms with E-state index in [1.807, 2.05) is 0 Å². The first-order chi connectivity index (χ1) is 7.99. The molecule has 0 aliphatic carbocycles. The Hall–Kier alpha value is -0.640. The van der Waals surface area contributed by atoms with E-state index < -0.39 is 6.10 Å². The van der Waals surface area contributed by atoms with Crippen molar-refractivity contribution in [2.75, 3.05) is 13.1 Å². The lowest BCUT2D eigenvalue weighted by molar-refractivity contribution is 0.169. The minimum absolute atomic E-state index is 0.275. The number of aliphatic hydroxyl groups excluding tert-OH is 1. The lowest BCUT2D eigenvalue weighted by atomic mass is 10.1. The molecule has 0 aliphatic heterocycles. The molecular weight excluding hydrogens is 241 g/mol. The summed E-state index contributed by atoms with van der Waals surface area (Å²) in [5, 5.41) is 13.4. The summed E-state index contributed by atoms with van der Waals surface area (Å²) >= 11 is 5.78. The number of hydrogen-bond acceptors (Lipinski definition) is 2. The van der Waals surface area contributed by atoms with Crippen LogP contribution in [-0.2, 0) is 6.42 Å². The standard InChI is InChI=1S/C13H19ClFNO/c1-9(2)7-16-8-12(17)6-10-5-11(14)3-4-13(10)15/h3-5,9,12,16-17H,6-8H2,1-2H3. The van der Waals surface area contributed by atoms with Crippen molar-refractivity contribution in [3.8, 4) is 0 Å². The van der Waals surface area contributed by atoms with Crippen molar-refractivity contribution in [2.45, 2.75) is 26.4 Å². The zero-order chi connectivity index (χ0) is 12.8. The lowest BCUT2D eigenvalue weighted by Gasteiger charge is -2.13. The van der Waals surface area contributed by atoms with Crippen molar-refractivity contribution in [3.63, 3.8) is 0 Å². The Kier molecular flexibility index (Phi) is 5.89. The molecule has 0 heterocycles. The average Bonchev–Trinajstić information content (AvgIpc) is 2.23. The van der Waals surface area contributed by atoms with Gasteiger partial charge >= 0.3 is 0 Å². The van der Waals surface area contributed by atoms with E-state index in [9.17, 15) is 9.50 Å². The Morgan fingerprint density at radius 2 is 2.06 bits per heavy atom. The van der Waals surface area contributed by atoms with Gasteiger partial charge in [0.05, 0.1) is 6.10 Å². The second kappa shape index (κ2) is 6.94. The maximum Gasteiger partial charge on any atom is 0.126 e. The van der Waals surface area contributed by atoms with Crippen LogP contribution in [0.4, 0.5) is 4.39 Å². The van der Waals surface area contributed by atoms with Crippen molar-refractivity contribution in [1.29, 1.82) is 0 Å². The van der Waals surface area contributed by atoms with Gasteiger partial charge < -0.3 is 10.4 Å². The summed E-state index contributed by atoms with van der Waals surface area (Å²) in [5.74, 6) is 0.211. The molecule has 0 aromatic heterocycles. The Morgan fingerprint density at radius 1 is 1.35 bits per heavy atom. The lowest BCUT2D eigenvalue weighted by Crippen LogP contribution is -2.31. The second-order valence-electron chi connectivity index (χ2n) is 4.65. The molecule has 4 heteroatoms. The zero-order valence-electron chi connectivity index (χ0n) is 10.2. The van der Waals surface area contributed by atoms with Crippen LogP contribution in [0.1, 0.15) is 19.4 Å². The number of nitrogens with one attached hydrogen (secondary N) is 1. The molecule has 1 rings (SSSR count). The van der Waals surface area contributed by atoms with Crippen LogP contribution in [0.3, 0.4) is 0 Å². The molecule has 17 heavy (non-hydrogen) atoms. The first-order valence-electron chi connectivity index (χ1n) is 5.81. The minimum Gasteiger partial charge on any atom is -0.391 e. The average molecular weight is 260 g/mol. The molecule has 1 atom stereocenters. The number of aliphatic hydroxyl groups is 1. The van der Waals surface area contributed by atoms with Crippen molar-refractivity contribution in [1.82, 2.24) is 5.32 Å². The molecule has 0 amide bonds. The molecule has 2 nitrogen and oxygen atoms in total. The summed E-state index contributed by atoms with van der Waals surface area (Å²) in [6.45, 7) is 5.49. The Balaban J connectivity index is 2.44. The third-order valence-electron chi connectivity index (χ3n) is 2.40. The van der Waals surface area contributed by atoms with E-state index in [1.54, 1.807) is 6.07 Å². The first kappa shape index (κ1) is 14.4. The van der Waals surface area contributed by atoms with Gasteiger partial charge in [0.2, 0.25) is 0 Å². The Morgan fingerprint density at radius 3 is 2.71 bits per heavy atom. The Labute approximate surface area is 107 Å². The molecular formula is C13H19ClFNO. The molecule has 0 bridgehead atoms. The van der Waals surface area contributed by atoms with E-state index >= 15 is 0 Å². The van der Waals surface area contributed by atoms with Crippen LogP contribution in [0.2, 0.25) is 5.02 Å². The number of rotatable bonds is 6. The number of hydrogen-bond donors (Lipinski definition) is 2. The zero-order valence-corrected chi connectivity index (χ0v) is 11.0. The summed E-state index contributed by atoms with van der Waals surface area (Å²) < 4.78 is 13.4. The molecule has 1 aromatic rings. The quantitative estimate of drug-likeness (QED) is 0.823. The SMILES string of the molecule is CC(C)CNCC(O)Cc1cc(Cl)ccc1F. The van der Waals surface area contributed by atoms with Gasteiger partial charge in [0.1, 0.15) is 5.82 Å². The van der Waals surface area contributed by atoms with Crippen LogP contribution >= 0.6 is 11.6 Å². The van der Waals surface area contributed by atoms with Crippen LogP contribution in [0.25, 0.3) is 0 Å². The van der Waals surface area contributed by atoms with Crippen molar-refractivity contribution in [2.24, 2.45) is 5.92 Å². The van der Waals surface area contributed by atoms with Gasteiger partial charge in [-0.25, -0.2) is 4.39 Å². The Bertz CT molecular complexity index is 357. The van der Waals surface area contributed by atoms with E-state index in [2.05, 4.69) is 19.2 Å². The summed E-state index contributed by atoms with van der Waals surface area (Å²) in [6.07, 6.45) is -0.320. The van der Waals surface area contributed by atoms with Crippen LogP contribution in [0, 0.1) is 11.7 Å². The van der Waals surface area contributed by atoms with Gasteiger partial charge in [-0.05, 0) is 36.2 Å². The predicted octanol–water partition coefficient (Wildman–Crippen LogP) is 2.63. The summed E-state index contributed by atoms with van der Waals surface area (Å²) in [7, 11) is 0. The fourth-order valence-electron chi connectivity index (χ4n) is 1.56. The molecule has 1 unspecified atom stereocenters. The highest BCUT2D eigenvalue weighted by molar-refractivity contribution is 6.30. The third-order valence-corrected chi connectivity index (χ3v) is 2.63. The van der Waals surface area contributed by atoms with E-state index in [-0.39, 0.29) is 12.2 Å². The van der Waals surface area contributed by atoms with Crippen LogP contribution in [0.15, 0.2) is 18.2 Å². The fraction of sp³-hybridized carbons (Fsp3) is 0.538. The minimum atomic E-state index is -0.596. The highest BCUT2D eigenvalue weighted by Gasteiger charge is 2.10. The molecule has 0 saturated heterocycles. The monoisotopic (exact) mass is 259 g/mol. The van der Waals surface area contributed by atoms with Crippen molar-refractivity contribution < 1.29 is 9.50 Å².